The molecular weight excluding hydrogens is 484 g/mol. The van der Waals surface area contributed by atoms with Crippen LogP contribution in [0, 0.1) is 16.7 Å². The molecule has 2 aromatic rings. The molecule has 2 unspecified atom stereocenters. The normalized spacial score (nSPS) is 26.1. The number of likely N-dealkylation sites (tertiary alicyclic amines) is 1. The largest absolute Gasteiger partial charge is 0.490 e. The summed E-state index contributed by atoms with van der Waals surface area (Å²) in [6, 6.07) is 8.82. The second-order valence-corrected chi connectivity index (χ2v) is 12.2. The fourth-order valence-electron chi connectivity index (χ4n) is 6.42. The molecule has 0 radical (unpaired) electrons. The van der Waals surface area contributed by atoms with Crippen LogP contribution in [0.5, 0.6) is 0 Å². The van der Waals surface area contributed by atoms with Gasteiger partial charge in [0.2, 0.25) is 0 Å². The molecular formula is C29H32N4O3S. The van der Waals surface area contributed by atoms with E-state index in [-0.39, 0.29) is 17.4 Å². The van der Waals surface area contributed by atoms with Crippen molar-refractivity contribution in [1.82, 2.24) is 14.3 Å². The Kier molecular flexibility index (Phi) is 5.96. The van der Waals surface area contributed by atoms with Gasteiger partial charge in [-0.15, -0.1) is 0 Å². The molecule has 1 aromatic heterocycles. The van der Waals surface area contributed by atoms with Crippen molar-refractivity contribution in [3.8, 4) is 17.5 Å². The second kappa shape index (κ2) is 9.07. The van der Waals surface area contributed by atoms with Crippen molar-refractivity contribution < 1.29 is 14.6 Å². The number of benzene rings is 1. The van der Waals surface area contributed by atoms with Gasteiger partial charge in [-0.3, -0.25) is 4.79 Å². The molecule has 2 fully saturated rings. The van der Waals surface area contributed by atoms with Crippen molar-refractivity contribution in [2.24, 2.45) is 5.41 Å². The highest BCUT2D eigenvalue weighted by Gasteiger charge is 2.53. The van der Waals surface area contributed by atoms with Crippen molar-refractivity contribution in [2.75, 3.05) is 19.6 Å². The van der Waals surface area contributed by atoms with E-state index in [1.165, 1.54) is 22.7 Å². The smallest absolute Gasteiger partial charge is 0.310 e. The van der Waals surface area contributed by atoms with Gasteiger partial charge in [0.1, 0.15) is 10.8 Å². The van der Waals surface area contributed by atoms with Gasteiger partial charge in [0.05, 0.1) is 23.2 Å². The Bertz CT molecular complexity index is 1350. The number of nitrogens with zero attached hydrogens (tertiary/aromatic N) is 4. The molecule has 1 aromatic carbocycles. The zero-order valence-corrected chi connectivity index (χ0v) is 22.2. The summed E-state index contributed by atoms with van der Waals surface area (Å²) in [7, 11) is 0. The maximum Gasteiger partial charge on any atom is 0.310 e. The molecule has 37 heavy (non-hydrogen) atoms. The van der Waals surface area contributed by atoms with E-state index in [1.807, 2.05) is 19.9 Å². The minimum Gasteiger partial charge on any atom is -0.490 e. The van der Waals surface area contributed by atoms with Crippen LogP contribution in [0.4, 0.5) is 0 Å². The average molecular weight is 517 g/mol. The number of hydrogen-bond acceptors (Lipinski definition) is 7. The molecule has 6 rings (SSSR count). The second-order valence-electron chi connectivity index (χ2n) is 11.4. The Labute approximate surface area is 221 Å². The van der Waals surface area contributed by atoms with Gasteiger partial charge in [0.25, 0.3) is 0 Å². The van der Waals surface area contributed by atoms with Crippen LogP contribution in [0.3, 0.4) is 0 Å². The summed E-state index contributed by atoms with van der Waals surface area (Å²) < 4.78 is 10.6. The Morgan fingerprint density at radius 2 is 2.16 bits per heavy atom. The van der Waals surface area contributed by atoms with Crippen LogP contribution in [0.25, 0.3) is 11.4 Å². The first-order valence-corrected chi connectivity index (χ1v) is 14.0. The van der Waals surface area contributed by atoms with Crippen molar-refractivity contribution in [2.45, 2.75) is 69.8 Å². The van der Waals surface area contributed by atoms with E-state index in [1.54, 1.807) is 0 Å². The van der Waals surface area contributed by atoms with Crippen LogP contribution >= 0.6 is 11.5 Å². The van der Waals surface area contributed by atoms with E-state index in [4.69, 9.17) is 14.1 Å². The van der Waals surface area contributed by atoms with Crippen LogP contribution in [-0.4, -0.2) is 51.1 Å². The van der Waals surface area contributed by atoms with Crippen LogP contribution in [0.15, 0.2) is 41.7 Å². The van der Waals surface area contributed by atoms with E-state index in [0.717, 1.165) is 61.6 Å². The monoisotopic (exact) mass is 516 g/mol. The van der Waals surface area contributed by atoms with E-state index < -0.39 is 11.4 Å². The minimum absolute atomic E-state index is 0.0232. The number of allylic oxidation sites excluding steroid dienone is 3. The number of carboxylic acid groups (broad SMARTS) is 1. The Hall–Kier alpha value is -3.02. The Morgan fingerprint density at radius 3 is 2.89 bits per heavy atom. The summed E-state index contributed by atoms with van der Waals surface area (Å²) in [4.78, 5) is 19.1. The third kappa shape index (κ3) is 4.28. The summed E-state index contributed by atoms with van der Waals surface area (Å²) in [5.74, 6) is 0.815. The van der Waals surface area contributed by atoms with Gasteiger partial charge in [-0.05, 0) is 87.7 Å². The summed E-state index contributed by atoms with van der Waals surface area (Å²) >= 11 is 1.42. The van der Waals surface area contributed by atoms with Gasteiger partial charge >= 0.3 is 5.97 Å². The van der Waals surface area contributed by atoms with Crippen molar-refractivity contribution in [3.63, 3.8) is 0 Å². The molecule has 8 heteroatoms. The molecule has 1 aliphatic heterocycles. The first kappa shape index (κ1) is 24.3. The minimum atomic E-state index is -0.637. The summed E-state index contributed by atoms with van der Waals surface area (Å²) in [6.07, 6.45) is 9.35. The fourth-order valence-corrected chi connectivity index (χ4v) is 7.16. The molecule has 0 bridgehead atoms. The molecule has 1 saturated heterocycles. The zero-order valence-electron chi connectivity index (χ0n) is 21.4. The first-order valence-electron chi connectivity index (χ1n) is 13.2. The number of aromatic nitrogens is 2. The number of hydrogen-bond donors (Lipinski definition) is 1. The number of nitriles is 1. The highest BCUT2D eigenvalue weighted by molar-refractivity contribution is 7.05. The lowest BCUT2D eigenvalue weighted by molar-refractivity contribution is -0.144. The number of carbonyl (C=O) groups is 1. The Morgan fingerprint density at radius 1 is 1.32 bits per heavy atom. The lowest BCUT2D eigenvalue weighted by Gasteiger charge is -2.27. The molecule has 1 saturated carbocycles. The molecule has 7 nitrogen and oxygen atoms in total. The van der Waals surface area contributed by atoms with Crippen LogP contribution in [0.1, 0.15) is 68.0 Å². The summed E-state index contributed by atoms with van der Waals surface area (Å²) in [5, 5.41) is 20.2. The first-order chi connectivity index (χ1) is 17.8. The maximum atomic E-state index is 11.7. The number of aliphatic carboxylic acids is 1. The molecule has 4 aliphatic rings. The van der Waals surface area contributed by atoms with Crippen LogP contribution < -0.4 is 0 Å². The molecule has 1 spiro atoms. The summed E-state index contributed by atoms with van der Waals surface area (Å²) in [6.45, 7) is 6.50. The van der Waals surface area contributed by atoms with E-state index >= 15 is 0 Å². The topological polar surface area (TPSA) is 99.3 Å². The molecule has 0 amide bonds. The van der Waals surface area contributed by atoms with Gasteiger partial charge in [-0.2, -0.15) is 9.64 Å². The van der Waals surface area contributed by atoms with Crippen molar-refractivity contribution >= 4 is 17.5 Å². The maximum absolute atomic E-state index is 11.7. The lowest BCUT2D eigenvalue weighted by atomic mass is 9.81. The van der Waals surface area contributed by atoms with E-state index in [9.17, 15) is 15.2 Å². The number of ether oxygens (including phenoxy) is 1. The van der Waals surface area contributed by atoms with Crippen molar-refractivity contribution in [1.29, 1.82) is 5.26 Å². The number of carboxylic acids is 1. The predicted octanol–water partition coefficient (Wildman–Crippen LogP) is 5.21. The van der Waals surface area contributed by atoms with E-state index in [0.29, 0.717) is 24.3 Å². The third-order valence-corrected chi connectivity index (χ3v) is 9.41. The van der Waals surface area contributed by atoms with Gasteiger partial charge in [-0.1, -0.05) is 24.3 Å². The highest BCUT2D eigenvalue weighted by Crippen LogP contribution is 2.51. The van der Waals surface area contributed by atoms with Gasteiger partial charge in [0, 0.05) is 30.0 Å². The predicted molar refractivity (Wildman–Crippen MR) is 141 cm³/mol. The zero-order chi connectivity index (χ0) is 25.8. The van der Waals surface area contributed by atoms with Crippen molar-refractivity contribution in [3.05, 3.63) is 57.8 Å². The molecule has 192 valence electrons. The highest BCUT2D eigenvalue weighted by atomic mass is 32.1. The standard InChI is InChI=1S/C29H32N4O3S/c1-18(2)36-24-7-6-19(14-20(24)15-30)26-31-25(32-37-26)22-4-3-5-23-21(22)8-9-28(23)12-13-33(16-28)17-29(10-11-29)27(34)35/h3-7,18-19H,8-14,16-17H2,1-2H3,(H,34,35). The number of fused-ring (bicyclic) bond motifs is 2. The SMILES string of the molecule is CC(C)OC1=C(C#N)CC(c2nc(-c3cccc4c3CCC43CCN(CC4(C(=O)O)CC4)C3)ns2)C=C1. The molecule has 2 atom stereocenters. The third-order valence-electron chi connectivity index (χ3n) is 8.57. The molecule has 2 heterocycles. The summed E-state index contributed by atoms with van der Waals surface area (Å²) in [5.41, 5.74) is 4.10. The average Bonchev–Trinajstić information content (AvgIpc) is 3.21. The van der Waals surface area contributed by atoms with Crippen LogP contribution in [0.2, 0.25) is 0 Å². The number of rotatable bonds is 7. The van der Waals surface area contributed by atoms with E-state index in [2.05, 4.69) is 35.2 Å². The lowest BCUT2D eigenvalue weighted by Crippen LogP contribution is -2.35. The van der Waals surface area contributed by atoms with Crippen LogP contribution in [-0.2, 0) is 21.4 Å². The van der Waals surface area contributed by atoms with Gasteiger partial charge in [-0.25, -0.2) is 4.98 Å². The van der Waals surface area contributed by atoms with Gasteiger partial charge < -0.3 is 14.7 Å². The Balaban J connectivity index is 1.21. The molecule has 1 N–H and O–H groups in total. The molecule has 3 aliphatic carbocycles. The van der Waals surface area contributed by atoms with Gasteiger partial charge in [0.15, 0.2) is 5.82 Å². The fraction of sp³-hybridized carbons (Fsp3) is 0.517. The quantitative estimate of drug-likeness (QED) is 0.540.